The number of hydrogen-bond acceptors (Lipinski definition) is 9. The number of rotatable bonds is 9. The normalized spacial score (nSPS) is 12.3. The van der Waals surface area contributed by atoms with Crippen LogP contribution in [0.5, 0.6) is 0 Å². The zero-order chi connectivity index (χ0) is 28.0. The number of aliphatic hydroxyl groups is 1. The molecule has 0 bridgehead atoms. The molecule has 1 aromatic heterocycles. The van der Waals surface area contributed by atoms with Crippen molar-refractivity contribution in [2.24, 2.45) is 0 Å². The zero-order valence-electron chi connectivity index (χ0n) is 21.2. The molecule has 3 aromatic rings. The largest absolute Gasteiger partial charge is 0.519 e. The van der Waals surface area contributed by atoms with Crippen LogP contribution in [-0.2, 0) is 27.4 Å². The van der Waals surface area contributed by atoms with Crippen LogP contribution >= 0.6 is 11.6 Å². The Morgan fingerprint density at radius 1 is 1.16 bits per heavy atom. The first-order valence-corrected chi connectivity index (χ1v) is 11.9. The van der Waals surface area contributed by atoms with Crippen molar-refractivity contribution in [3.63, 3.8) is 0 Å². The first-order chi connectivity index (χ1) is 17.8. The minimum absolute atomic E-state index is 0.00974. The van der Waals surface area contributed by atoms with Crippen LogP contribution in [0.15, 0.2) is 56.1 Å². The maximum absolute atomic E-state index is 14.2. The van der Waals surface area contributed by atoms with Gasteiger partial charge in [-0.15, -0.1) is 0 Å². The lowest BCUT2D eigenvalue weighted by atomic mass is 10.0. The van der Waals surface area contributed by atoms with Crippen LogP contribution < -0.4 is 11.2 Å². The number of hydrogen-bond donors (Lipinski definition) is 2. The van der Waals surface area contributed by atoms with Gasteiger partial charge >= 0.3 is 17.9 Å². The molecular weight excluding hydrogens is 523 g/mol. The fraction of sp³-hybridized carbons (Fsp3) is 0.346. The van der Waals surface area contributed by atoms with Crippen molar-refractivity contribution in [3.8, 4) is 11.1 Å². The Balaban J connectivity index is 1.71. The number of benzene rings is 2. The van der Waals surface area contributed by atoms with Gasteiger partial charge in [-0.2, -0.15) is 0 Å². The van der Waals surface area contributed by atoms with E-state index in [4.69, 9.17) is 29.9 Å². The Labute approximate surface area is 222 Å². The predicted molar refractivity (Wildman–Crippen MR) is 134 cm³/mol. The average molecular weight is 551 g/mol. The van der Waals surface area contributed by atoms with Crippen LogP contribution in [0.25, 0.3) is 11.1 Å². The molecule has 1 atom stereocenters. The number of carbonyl (C=O) groups is 2. The molecule has 3 rings (SSSR count). The first kappa shape index (κ1) is 28.9. The fourth-order valence-electron chi connectivity index (χ4n) is 3.33. The zero-order valence-corrected chi connectivity index (χ0v) is 22.0. The van der Waals surface area contributed by atoms with E-state index >= 15 is 0 Å². The van der Waals surface area contributed by atoms with Crippen molar-refractivity contribution in [1.29, 1.82) is 0 Å². The van der Waals surface area contributed by atoms with Crippen LogP contribution in [0.1, 0.15) is 37.9 Å². The Morgan fingerprint density at radius 3 is 2.45 bits per heavy atom. The molecule has 0 unspecified atom stereocenters. The van der Waals surface area contributed by atoms with E-state index in [0.29, 0.717) is 21.7 Å². The van der Waals surface area contributed by atoms with Gasteiger partial charge in [-0.1, -0.05) is 35.9 Å². The van der Waals surface area contributed by atoms with E-state index < -0.39 is 42.0 Å². The molecule has 204 valence electrons. The summed E-state index contributed by atoms with van der Waals surface area (Å²) in [7, 11) is 0. The highest BCUT2D eigenvalue weighted by Gasteiger charge is 2.25. The van der Waals surface area contributed by atoms with Gasteiger partial charge in [0.25, 0.3) is 0 Å². The molecule has 0 radical (unpaired) electrons. The second-order valence-corrected chi connectivity index (χ2v) is 9.81. The number of hydrazine groups is 1. The lowest BCUT2D eigenvalue weighted by Crippen LogP contribution is -2.49. The molecule has 0 aliphatic heterocycles. The van der Waals surface area contributed by atoms with Gasteiger partial charge in [0.15, 0.2) is 24.2 Å². The summed E-state index contributed by atoms with van der Waals surface area (Å²) >= 11 is 5.99. The van der Waals surface area contributed by atoms with E-state index in [1.165, 1.54) is 30.1 Å². The number of amides is 1. The van der Waals surface area contributed by atoms with Crippen molar-refractivity contribution in [2.45, 2.75) is 52.6 Å². The quantitative estimate of drug-likeness (QED) is 0.295. The minimum atomic E-state index is -1.68. The Bertz CT molecular complexity index is 1330. The van der Waals surface area contributed by atoms with E-state index in [2.05, 4.69) is 5.43 Å². The summed E-state index contributed by atoms with van der Waals surface area (Å²) in [6.45, 7) is 5.79. The summed E-state index contributed by atoms with van der Waals surface area (Å²) in [5.41, 5.74) is 3.31. The van der Waals surface area contributed by atoms with Gasteiger partial charge in [0.1, 0.15) is 11.4 Å². The number of aryl methyl sites for hydroxylation is 1. The maximum Gasteiger partial charge on any atom is 0.519 e. The molecule has 0 aliphatic carbocycles. The van der Waals surface area contributed by atoms with E-state index in [0.717, 1.165) is 0 Å². The van der Waals surface area contributed by atoms with Gasteiger partial charge in [-0.25, -0.2) is 23.8 Å². The monoisotopic (exact) mass is 550 g/mol. The van der Waals surface area contributed by atoms with Gasteiger partial charge in [0.2, 0.25) is 0 Å². The number of carbonyl (C=O) groups excluding carboxylic acids is 2. The topological polar surface area (TPSA) is 131 Å². The minimum Gasteiger partial charge on any atom is -0.455 e. The highest BCUT2D eigenvalue weighted by molar-refractivity contribution is 6.30. The van der Waals surface area contributed by atoms with Crippen molar-refractivity contribution in [3.05, 3.63) is 81.0 Å². The molecule has 10 nitrogen and oxygen atoms in total. The van der Waals surface area contributed by atoms with Crippen LogP contribution in [0.3, 0.4) is 0 Å². The fourth-order valence-corrected chi connectivity index (χ4v) is 3.50. The highest BCUT2D eigenvalue weighted by Crippen LogP contribution is 2.26. The van der Waals surface area contributed by atoms with Crippen molar-refractivity contribution < 1.29 is 37.4 Å². The lowest BCUT2D eigenvalue weighted by molar-refractivity contribution is -0.157. The van der Waals surface area contributed by atoms with Crippen LogP contribution in [0.4, 0.5) is 9.18 Å². The summed E-state index contributed by atoms with van der Waals surface area (Å²) in [4.78, 5) is 35.9. The third kappa shape index (κ3) is 8.44. The SMILES string of the molecule is Cc1oc(=O)oc1COC(=O)[C@H](O)CN(Cc1ccc(-c2cc(Cl)ccc2F)cc1)NC(=O)OC(C)(C)C. The summed E-state index contributed by atoms with van der Waals surface area (Å²) < 4.78 is 34.0. The van der Waals surface area contributed by atoms with Crippen molar-refractivity contribution in [1.82, 2.24) is 10.4 Å². The van der Waals surface area contributed by atoms with Crippen LogP contribution in [0.2, 0.25) is 5.02 Å². The smallest absolute Gasteiger partial charge is 0.455 e. The molecular formula is C26H28ClFN2O8. The van der Waals surface area contributed by atoms with Crippen molar-refractivity contribution >= 4 is 23.7 Å². The molecule has 1 amide bonds. The third-order valence-electron chi connectivity index (χ3n) is 5.06. The molecule has 0 aliphatic rings. The molecule has 0 saturated heterocycles. The van der Waals surface area contributed by atoms with E-state index in [1.54, 1.807) is 45.0 Å². The molecule has 2 aromatic carbocycles. The average Bonchev–Trinajstić information content (AvgIpc) is 3.14. The Hall–Kier alpha value is -3.67. The van der Waals surface area contributed by atoms with Gasteiger partial charge in [-0.05, 0) is 57.0 Å². The molecule has 0 saturated carbocycles. The van der Waals surface area contributed by atoms with Gasteiger partial charge in [0, 0.05) is 17.1 Å². The number of nitrogens with one attached hydrogen (secondary N) is 1. The number of nitrogens with zero attached hydrogens (tertiary/aromatic N) is 1. The van der Waals surface area contributed by atoms with E-state index in [1.807, 2.05) is 0 Å². The Morgan fingerprint density at radius 2 is 1.84 bits per heavy atom. The van der Waals surface area contributed by atoms with Crippen LogP contribution in [0, 0.1) is 12.7 Å². The standard InChI is InChI=1S/C26H28ClFN2O8/c1-15-22(37-25(34)36-15)14-35-23(32)21(31)13-30(29-24(33)38-26(2,3)4)12-16-5-7-17(8-6-16)19-11-18(27)9-10-20(19)28/h5-11,21,31H,12-14H2,1-4H3,(H,29,33)/t21-/m1/s1. The van der Waals surface area contributed by atoms with Gasteiger partial charge in [0.05, 0.1) is 6.54 Å². The third-order valence-corrected chi connectivity index (χ3v) is 5.30. The summed E-state index contributed by atoms with van der Waals surface area (Å²) in [6.07, 6.45) is -2.48. The second-order valence-electron chi connectivity index (χ2n) is 9.37. The number of esters is 1. The first-order valence-electron chi connectivity index (χ1n) is 11.5. The molecule has 0 spiro atoms. The number of ether oxygens (including phenoxy) is 2. The molecule has 38 heavy (non-hydrogen) atoms. The molecule has 12 heteroatoms. The summed E-state index contributed by atoms with van der Waals surface area (Å²) in [5.74, 6) is -2.23. The molecule has 2 N–H and O–H groups in total. The van der Waals surface area contributed by atoms with Gasteiger partial charge < -0.3 is 23.4 Å². The van der Waals surface area contributed by atoms with E-state index in [-0.39, 0.29) is 24.6 Å². The molecule has 0 fully saturated rings. The highest BCUT2D eigenvalue weighted by atomic mass is 35.5. The predicted octanol–water partition coefficient (Wildman–Crippen LogP) is 4.35. The lowest BCUT2D eigenvalue weighted by Gasteiger charge is -2.27. The van der Waals surface area contributed by atoms with Gasteiger partial charge in [-0.3, -0.25) is 5.43 Å². The number of aliphatic hydroxyl groups excluding tert-OH is 1. The summed E-state index contributed by atoms with van der Waals surface area (Å²) in [6, 6.07) is 11.0. The summed E-state index contributed by atoms with van der Waals surface area (Å²) in [5, 5.41) is 12.1. The van der Waals surface area contributed by atoms with Crippen molar-refractivity contribution in [2.75, 3.05) is 6.54 Å². The second kappa shape index (κ2) is 12.2. The van der Waals surface area contributed by atoms with E-state index in [9.17, 15) is 23.9 Å². The Kier molecular flexibility index (Phi) is 9.31. The number of halogens is 2. The van der Waals surface area contributed by atoms with Crippen LogP contribution in [-0.4, -0.2) is 40.4 Å². The molecule has 1 heterocycles. The maximum atomic E-state index is 14.2.